The fraction of sp³-hybridized carbons (Fsp3) is 0.765. The average Bonchev–Trinajstić information content (AvgIpc) is 2.45. The summed E-state index contributed by atoms with van der Waals surface area (Å²) in [4.78, 5) is 24.3. The fourth-order valence-corrected chi connectivity index (χ4v) is 2.19. The molecule has 0 rings (SSSR count). The van der Waals surface area contributed by atoms with E-state index in [9.17, 15) is 9.59 Å². The zero-order valence-electron chi connectivity index (χ0n) is 14.3. The highest BCUT2D eigenvalue weighted by atomic mass is 16.4. The van der Waals surface area contributed by atoms with Crippen molar-refractivity contribution >= 4 is 11.9 Å². The van der Waals surface area contributed by atoms with Crippen LogP contribution in [0.3, 0.4) is 0 Å². The van der Waals surface area contributed by atoms with Crippen molar-refractivity contribution < 1.29 is 14.7 Å². The Kier molecular flexibility index (Phi) is 12.5. The Morgan fingerprint density at radius 3 is 2.45 bits per heavy atom. The lowest BCUT2D eigenvalue weighted by Crippen LogP contribution is -2.35. The smallest absolute Gasteiger partial charge is 0.320 e. The van der Waals surface area contributed by atoms with E-state index < -0.39 is 12.0 Å². The normalized spacial score (nSPS) is 12.7. The lowest BCUT2D eigenvalue weighted by molar-refractivity contribution is -0.142. The summed E-state index contributed by atoms with van der Waals surface area (Å²) in [5.74, 6) is -0.753. The zero-order valence-corrected chi connectivity index (χ0v) is 14.3. The SMILES string of the molecule is CCCCC/C=C/CC(=O)NCCCC[C@@H](C(=O)O)N(C)C. The molecule has 0 saturated carbocycles. The summed E-state index contributed by atoms with van der Waals surface area (Å²) in [5, 5.41) is 11.9. The number of unbranched alkanes of at least 4 members (excludes halogenated alkanes) is 4. The average molecular weight is 312 g/mol. The summed E-state index contributed by atoms with van der Waals surface area (Å²) in [6.45, 7) is 2.79. The molecule has 1 atom stereocenters. The van der Waals surface area contributed by atoms with E-state index in [1.165, 1.54) is 19.3 Å². The number of hydrogen-bond donors (Lipinski definition) is 2. The number of carbonyl (C=O) groups excluding carboxylic acids is 1. The minimum atomic E-state index is -0.790. The Morgan fingerprint density at radius 1 is 1.14 bits per heavy atom. The van der Waals surface area contributed by atoms with E-state index in [-0.39, 0.29) is 5.91 Å². The summed E-state index contributed by atoms with van der Waals surface area (Å²) in [7, 11) is 3.54. The molecule has 1 amide bonds. The molecule has 5 heteroatoms. The van der Waals surface area contributed by atoms with Gasteiger partial charge < -0.3 is 10.4 Å². The van der Waals surface area contributed by atoms with Crippen LogP contribution in [0.1, 0.15) is 58.3 Å². The Morgan fingerprint density at radius 2 is 1.86 bits per heavy atom. The molecular weight excluding hydrogens is 280 g/mol. The van der Waals surface area contributed by atoms with Gasteiger partial charge in [-0.3, -0.25) is 14.5 Å². The highest BCUT2D eigenvalue weighted by Gasteiger charge is 2.18. The molecule has 0 heterocycles. The number of nitrogens with zero attached hydrogens (tertiary/aromatic N) is 1. The number of rotatable bonds is 13. The highest BCUT2D eigenvalue weighted by molar-refractivity contribution is 5.77. The van der Waals surface area contributed by atoms with Crippen molar-refractivity contribution in [3.63, 3.8) is 0 Å². The van der Waals surface area contributed by atoms with E-state index in [0.717, 1.165) is 19.3 Å². The minimum Gasteiger partial charge on any atom is -0.480 e. The molecule has 0 fully saturated rings. The molecule has 0 aromatic heterocycles. The molecule has 0 aliphatic rings. The van der Waals surface area contributed by atoms with Gasteiger partial charge in [0.2, 0.25) is 5.91 Å². The van der Waals surface area contributed by atoms with Crippen molar-refractivity contribution in [2.45, 2.75) is 64.3 Å². The van der Waals surface area contributed by atoms with Crippen LogP contribution in [0.25, 0.3) is 0 Å². The van der Waals surface area contributed by atoms with Crippen LogP contribution in [0.2, 0.25) is 0 Å². The van der Waals surface area contributed by atoms with E-state index >= 15 is 0 Å². The van der Waals surface area contributed by atoms with Crippen LogP contribution in [-0.4, -0.2) is 48.6 Å². The van der Waals surface area contributed by atoms with Gasteiger partial charge in [-0.25, -0.2) is 0 Å². The summed E-state index contributed by atoms with van der Waals surface area (Å²) < 4.78 is 0. The van der Waals surface area contributed by atoms with Gasteiger partial charge in [-0.15, -0.1) is 0 Å². The van der Waals surface area contributed by atoms with Gasteiger partial charge in [0.05, 0.1) is 0 Å². The van der Waals surface area contributed by atoms with E-state index in [1.54, 1.807) is 19.0 Å². The molecular formula is C17H32N2O3. The van der Waals surface area contributed by atoms with Crippen molar-refractivity contribution in [3.8, 4) is 0 Å². The molecule has 22 heavy (non-hydrogen) atoms. The largest absolute Gasteiger partial charge is 0.480 e. The lowest BCUT2D eigenvalue weighted by atomic mass is 10.1. The van der Waals surface area contributed by atoms with Gasteiger partial charge in [0.15, 0.2) is 0 Å². The van der Waals surface area contributed by atoms with Crippen LogP contribution in [0.5, 0.6) is 0 Å². The molecule has 0 saturated heterocycles. The second kappa shape index (κ2) is 13.3. The number of carbonyl (C=O) groups is 2. The van der Waals surface area contributed by atoms with Crippen LogP contribution in [0.15, 0.2) is 12.2 Å². The second-order valence-electron chi connectivity index (χ2n) is 5.83. The third kappa shape index (κ3) is 11.3. The van der Waals surface area contributed by atoms with Crippen molar-refractivity contribution in [1.29, 1.82) is 0 Å². The quantitative estimate of drug-likeness (QED) is 0.405. The molecule has 0 aliphatic heterocycles. The predicted octanol–water partition coefficient (Wildman–Crippen LogP) is 2.81. The van der Waals surface area contributed by atoms with Gasteiger partial charge >= 0.3 is 5.97 Å². The summed E-state index contributed by atoms with van der Waals surface area (Å²) in [6, 6.07) is -0.443. The summed E-state index contributed by atoms with van der Waals surface area (Å²) in [5.41, 5.74) is 0. The number of likely N-dealkylation sites (N-methyl/N-ethyl adjacent to an activating group) is 1. The number of amides is 1. The monoisotopic (exact) mass is 312 g/mol. The van der Waals surface area contributed by atoms with E-state index in [0.29, 0.717) is 19.4 Å². The number of allylic oxidation sites excluding steroid dienone is 1. The van der Waals surface area contributed by atoms with Crippen molar-refractivity contribution in [2.75, 3.05) is 20.6 Å². The Balaban J connectivity index is 3.62. The molecule has 0 spiro atoms. The van der Waals surface area contributed by atoms with Crippen LogP contribution < -0.4 is 5.32 Å². The first kappa shape index (κ1) is 20.6. The molecule has 2 N–H and O–H groups in total. The fourth-order valence-electron chi connectivity index (χ4n) is 2.19. The van der Waals surface area contributed by atoms with E-state index in [4.69, 9.17) is 5.11 Å². The number of aliphatic carboxylic acids is 1. The molecule has 0 aromatic rings. The van der Waals surface area contributed by atoms with Gasteiger partial charge in [0.1, 0.15) is 6.04 Å². The number of carboxylic acid groups (broad SMARTS) is 1. The zero-order chi connectivity index (χ0) is 16.8. The topological polar surface area (TPSA) is 69.6 Å². The Labute approximate surface area is 134 Å². The molecule has 0 aliphatic carbocycles. The first-order chi connectivity index (χ1) is 10.5. The predicted molar refractivity (Wildman–Crippen MR) is 89.9 cm³/mol. The second-order valence-corrected chi connectivity index (χ2v) is 5.83. The molecule has 0 bridgehead atoms. The summed E-state index contributed by atoms with van der Waals surface area (Å²) in [6.07, 6.45) is 11.3. The molecule has 128 valence electrons. The number of carboxylic acids is 1. The van der Waals surface area contributed by atoms with Gasteiger partial charge in [-0.2, -0.15) is 0 Å². The first-order valence-electron chi connectivity index (χ1n) is 8.30. The van der Waals surface area contributed by atoms with E-state index in [1.807, 2.05) is 6.08 Å². The van der Waals surface area contributed by atoms with Crippen molar-refractivity contribution in [2.24, 2.45) is 0 Å². The third-order valence-corrected chi connectivity index (χ3v) is 3.58. The highest BCUT2D eigenvalue weighted by Crippen LogP contribution is 2.06. The molecule has 0 radical (unpaired) electrons. The van der Waals surface area contributed by atoms with Gasteiger partial charge in [0.25, 0.3) is 0 Å². The maximum absolute atomic E-state index is 11.6. The van der Waals surface area contributed by atoms with Gasteiger partial charge in [-0.05, 0) is 46.2 Å². The summed E-state index contributed by atoms with van der Waals surface area (Å²) >= 11 is 0. The third-order valence-electron chi connectivity index (χ3n) is 3.58. The first-order valence-corrected chi connectivity index (χ1v) is 8.30. The Hall–Kier alpha value is -1.36. The van der Waals surface area contributed by atoms with Crippen molar-refractivity contribution in [1.82, 2.24) is 10.2 Å². The number of nitrogens with one attached hydrogen (secondary N) is 1. The standard InChI is InChI=1S/C17H32N2O3/c1-4-5-6-7-8-9-13-16(20)18-14-11-10-12-15(17(21)22)19(2)3/h8-9,15H,4-7,10-14H2,1-3H3,(H,18,20)(H,21,22)/b9-8+/t15-/m0/s1. The van der Waals surface area contributed by atoms with Crippen LogP contribution >= 0.6 is 0 Å². The van der Waals surface area contributed by atoms with E-state index in [2.05, 4.69) is 18.3 Å². The van der Waals surface area contributed by atoms with Crippen LogP contribution in [-0.2, 0) is 9.59 Å². The number of hydrogen-bond acceptors (Lipinski definition) is 3. The maximum Gasteiger partial charge on any atom is 0.320 e. The molecule has 5 nitrogen and oxygen atoms in total. The van der Waals surface area contributed by atoms with Crippen LogP contribution in [0, 0.1) is 0 Å². The van der Waals surface area contributed by atoms with Gasteiger partial charge in [-0.1, -0.05) is 31.9 Å². The van der Waals surface area contributed by atoms with Crippen LogP contribution in [0.4, 0.5) is 0 Å². The van der Waals surface area contributed by atoms with Gasteiger partial charge in [0, 0.05) is 13.0 Å². The minimum absolute atomic E-state index is 0.0362. The maximum atomic E-state index is 11.6. The molecule has 0 aromatic carbocycles. The Bertz CT molecular complexity index is 341. The molecule has 0 unspecified atom stereocenters. The lowest BCUT2D eigenvalue weighted by Gasteiger charge is -2.19. The van der Waals surface area contributed by atoms with Crippen molar-refractivity contribution in [3.05, 3.63) is 12.2 Å².